The monoisotopic (exact) mass is 282 g/mol. The standard InChI is InChI=1S/C14H22N2O2S/c1-18-10-9-16-14(17)7-8-15-11-12-3-5-13(19-2)6-4-12/h3-6,15H,7-11H2,1-2H3,(H,16,17). The van der Waals surface area contributed by atoms with Crippen LogP contribution in [0.4, 0.5) is 0 Å². The molecule has 0 bridgehead atoms. The molecule has 0 saturated heterocycles. The molecule has 0 saturated carbocycles. The topological polar surface area (TPSA) is 50.4 Å². The Morgan fingerprint density at radius 1 is 1.26 bits per heavy atom. The Hall–Kier alpha value is -1.04. The van der Waals surface area contributed by atoms with Gasteiger partial charge < -0.3 is 15.4 Å². The van der Waals surface area contributed by atoms with Crippen molar-refractivity contribution in [3.05, 3.63) is 29.8 Å². The highest BCUT2D eigenvalue weighted by Crippen LogP contribution is 2.14. The summed E-state index contributed by atoms with van der Waals surface area (Å²) in [6, 6.07) is 8.44. The minimum atomic E-state index is 0.0577. The maximum atomic E-state index is 11.4. The van der Waals surface area contributed by atoms with Crippen LogP contribution in [0.15, 0.2) is 29.2 Å². The number of benzene rings is 1. The lowest BCUT2D eigenvalue weighted by Crippen LogP contribution is -2.29. The zero-order valence-corrected chi connectivity index (χ0v) is 12.4. The number of methoxy groups -OCH3 is 1. The van der Waals surface area contributed by atoms with Crippen LogP contribution >= 0.6 is 11.8 Å². The molecule has 2 N–H and O–H groups in total. The predicted molar refractivity (Wildman–Crippen MR) is 79.4 cm³/mol. The van der Waals surface area contributed by atoms with E-state index in [1.54, 1.807) is 18.9 Å². The summed E-state index contributed by atoms with van der Waals surface area (Å²) in [6.07, 6.45) is 2.56. The van der Waals surface area contributed by atoms with Crippen LogP contribution < -0.4 is 10.6 Å². The SMILES string of the molecule is COCCNC(=O)CCNCc1ccc(SC)cc1. The Kier molecular flexibility index (Phi) is 8.29. The molecule has 19 heavy (non-hydrogen) atoms. The van der Waals surface area contributed by atoms with Crippen molar-refractivity contribution in [2.24, 2.45) is 0 Å². The number of hydrogen-bond donors (Lipinski definition) is 2. The van der Waals surface area contributed by atoms with E-state index in [0.29, 0.717) is 26.1 Å². The zero-order valence-electron chi connectivity index (χ0n) is 11.6. The predicted octanol–water partition coefficient (Wildman–Crippen LogP) is 1.65. The number of rotatable bonds is 9. The molecule has 0 heterocycles. The fourth-order valence-corrected chi connectivity index (χ4v) is 1.97. The van der Waals surface area contributed by atoms with Gasteiger partial charge in [-0.1, -0.05) is 12.1 Å². The van der Waals surface area contributed by atoms with Crippen molar-refractivity contribution < 1.29 is 9.53 Å². The average molecular weight is 282 g/mol. The fourth-order valence-electron chi connectivity index (χ4n) is 1.56. The molecule has 1 rings (SSSR count). The quantitative estimate of drug-likeness (QED) is 0.534. The van der Waals surface area contributed by atoms with Gasteiger partial charge in [-0.3, -0.25) is 4.79 Å². The summed E-state index contributed by atoms with van der Waals surface area (Å²) in [5.74, 6) is 0.0577. The summed E-state index contributed by atoms with van der Waals surface area (Å²) in [4.78, 5) is 12.7. The second-order valence-corrected chi connectivity index (χ2v) is 5.00. The largest absolute Gasteiger partial charge is 0.383 e. The second kappa shape index (κ2) is 9.83. The van der Waals surface area contributed by atoms with Crippen LogP contribution in [0.1, 0.15) is 12.0 Å². The first-order chi connectivity index (χ1) is 9.26. The van der Waals surface area contributed by atoms with Crippen LogP contribution in [0, 0.1) is 0 Å². The summed E-state index contributed by atoms with van der Waals surface area (Å²) in [7, 11) is 1.62. The molecule has 0 unspecified atom stereocenters. The van der Waals surface area contributed by atoms with Crippen LogP contribution in [-0.4, -0.2) is 39.0 Å². The van der Waals surface area contributed by atoms with Crippen molar-refractivity contribution in [1.29, 1.82) is 0 Å². The highest BCUT2D eigenvalue weighted by Gasteiger charge is 2.00. The van der Waals surface area contributed by atoms with Gasteiger partial charge in [-0.05, 0) is 24.0 Å². The molecule has 0 spiro atoms. The van der Waals surface area contributed by atoms with Gasteiger partial charge >= 0.3 is 0 Å². The van der Waals surface area contributed by atoms with Crippen LogP contribution in [0.5, 0.6) is 0 Å². The van der Waals surface area contributed by atoms with E-state index >= 15 is 0 Å². The van der Waals surface area contributed by atoms with Gasteiger partial charge in [0, 0.05) is 38.1 Å². The number of thioether (sulfide) groups is 1. The third kappa shape index (κ3) is 7.20. The number of carbonyl (C=O) groups is 1. The summed E-state index contributed by atoms with van der Waals surface area (Å²) < 4.78 is 4.86. The van der Waals surface area contributed by atoms with Crippen LogP contribution in [0.25, 0.3) is 0 Å². The number of nitrogens with one attached hydrogen (secondary N) is 2. The maximum Gasteiger partial charge on any atom is 0.221 e. The zero-order chi connectivity index (χ0) is 13.9. The molecule has 106 valence electrons. The summed E-state index contributed by atoms with van der Waals surface area (Å²) in [5, 5.41) is 6.05. The first-order valence-corrected chi connectivity index (χ1v) is 7.58. The van der Waals surface area contributed by atoms with Crippen molar-refractivity contribution in [3.8, 4) is 0 Å². The average Bonchev–Trinajstić information content (AvgIpc) is 2.44. The first kappa shape index (κ1) is 16.0. The van der Waals surface area contributed by atoms with Crippen molar-refractivity contribution >= 4 is 17.7 Å². The van der Waals surface area contributed by atoms with Gasteiger partial charge in [0.1, 0.15) is 0 Å². The lowest BCUT2D eigenvalue weighted by molar-refractivity contribution is -0.121. The van der Waals surface area contributed by atoms with Gasteiger partial charge in [0.05, 0.1) is 6.61 Å². The van der Waals surface area contributed by atoms with E-state index in [4.69, 9.17) is 4.74 Å². The normalized spacial score (nSPS) is 10.4. The van der Waals surface area contributed by atoms with E-state index in [1.165, 1.54) is 10.5 Å². The lowest BCUT2D eigenvalue weighted by atomic mass is 10.2. The van der Waals surface area contributed by atoms with E-state index < -0.39 is 0 Å². The Bertz CT molecular complexity index is 368. The minimum Gasteiger partial charge on any atom is -0.383 e. The minimum absolute atomic E-state index is 0.0577. The van der Waals surface area contributed by atoms with Gasteiger partial charge in [0.2, 0.25) is 5.91 Å². The van der Waals surface area contributed by atoms with Crippen LogP contribution in [0.3, 0.4) is 0 Å². The molecular formula is C14H22N2O2S. The summed E-state index contributed by atoms with van der Waals surface area (Å²) in [5.41, 5.74) is 1.23. The third-order valence-corrected chi connectivity index (χ3v) is 3.39. The molecule has 1 amide bonds. The van der Waals surface area contributed by atoms with Crippen molar-refractivity contribution in [2.45, 2.75) is 17.9 Å². The molecule has 5 heteroatoms. The van der Waals surface area contributed by atoms with Crippen LogP contribution in [-0.2, 0) is 16.1 Å². The number of carbonyl (C=O) groups excluding carboxylic acids is 1. The van der Waals surface area contributed by atoms with Crippen molar-refractivity contribution in [2.75, 3.05) is 33.1 Å². The number of amides is 1. The molecule has 1 aromatic rings. The molecule has 0 atom stereocenters. The second-order valence-electron chi connectivity index (χ2n) is 4.12. The lowest BCUT2D eigenvalue weighted by Gasteiger charge is -2.06. The highest BCUT2D eigenvalue weighted by atomic mass is 32.2. The third-order valence-electron chi connectivity index (χ3n) is 2.65. The maximum absolute atomic E-state index is 11.4. The first-order valence-electron chi connectivity index (χ1n) is 6.35. The van der Waals surface area contributed by atoms with Crippen molar-refractivity contribution in [1.82, 2.24) is 10.6 Å². The van der Waals surface area contributed by atoms with Gasteiger partial charge in [-0.15, -0.1) is 11.8 Å². The summed E-state index contributed by atoms with van der Waals surface area (Å²) in [6.45, 7) is 2.61. The van der Waals surface area contributed by atoms with Crippen LogP contribution in [0.2, 0.25) is 0 Å². The van der Waals surface area contributed by atoms with Gasteiger partial charge in [-0.25, -0.2) is 0 Å². The Morgan fingerprint density at radius 2 is 2.00 bits per heavy atom. The molecule has 0 aliphatic rings. The molecule has 1 aromatic carbocycles. The van der Waals surface area contributed by atoms with Gasteiger partial charge in [0.25, 0.3) is 0 Å². The molecule has 0 radical (unpaired) electrons. The Balaban J connectivity index is 2.11. The molecule has 0 aliphatic heterocycles. The smallest absolute Gasteiger partial charge is 0.221 e. The van der Waals surface area contributed by atoms with E-state index in [2.05, 4.69) is 41.2 Å². The molecule has 4 nitrogen and oxygen atoms in total. The van der Waals surface area contributed by atoms with Crippen molar-refractivity contribution in [3.63, 3.8) is 0 Å². The van der Waals surface area contributed by atoms with E-state index in [1.807, 2.05) is 0 Å². The van der Waals surface area contributed by atoms with Gasteiger partial charge in [-0.2, -0.15) is 0 Å². The Labute approximate surface area is 119 Å². The fraction of sp³-hybridized carbons (Fsp3) is 0.500. The van der Waals surface area contributed by atoms with E-state index in [-0.39, 0.29) is 5.91 Å². The Morgan fingerprint density at radius 3 is 2.63 bits per heavy atom. The molecule has 0 aliphatic carbocycles. The summed E-state index contributed by atoms with van der Waals surface area (Å²) >= 11 is 1.74. The molecular weight excluding hydrogens is 260 g/mol. The highest BCUT2D eigenvalue weighted by molar-refractivity contribution is 7.98. The van der Waals surface area contributed by atoms with Gasteiger partial charge in [0.15, 0.2) is 0 Å². The molecule has 0 aromatic heterocycles. The number of ether oxygens (including phenoxy) is 1. The van der Waals surface area contributed by atoms with E-state index in [0.717, 1.165) is 6.54 Å². The molecule has 0 fully saturated rings. The number of hydrogen-bond acceptors (Lipinski definition) is 4. The van der Waals surface area contributed by atoms with E-state index in [9.17, 15) is 4.79 Å².